The van der Waals surface area contributed by atoms with Gasteiger partial charge in [0.25, 0.3) is 0 Å². The average Bonchev–Trinajstić information content (AvgIpc) is 2.45. The van der Waals surface area contributed by atoms with Crippen LogP contribution in [0.5, 0.6) is 0 Å². The lowest BCUT2D eigenvalue weighted by atomic mass is 9.87. The van der Waals surface area contributed by atoms with Crippen LogP contribution in [-0.2, 0) is 0 Å². The zero-order chi connectivity index (χ0) is 6.27. The minimum absolute atomic E-state index is 1.13. The highest BCUT2D eigenvalue weighted by Gasteiger charge is 2.37. The second-order valence-corrected chi connectivity index (χ2v) is 3.84. The average molecular weight is 124 g/mol. The van der Waals surface area contributed by atoms with Crippen LogP contribution in [0.1, 0.15) is 39.0 Å². The molecule has 3 atom stereocenters. The smallest absolute Gasteiger partial charge is 0.0383 e. The molecule has 52 valence electrons. The SMILES string of the molecule is CC[C@@H]1C[C@@H]2CC[C@H]1C2. The van der Waals surface area contributed by atoms with E-state index in [0.29, 0.717) is 0 Å². The van der Waals surface area contributed by atoms with Crippen LogP contribution in [0.15, 0.2) is 0 Å². The van der Waals surface area contributed by atoms with Gasteiger partial charge in [-0.2, -0.15) is 0 Å². The third-order valence-corrected chi connectivity index (χ3v) is 3.41. The lowest BCUT2D eigenvalue weighted by Crippen LogP contribution is -2.08. The van der Waals surface area contributed by atoms with Crippen molar-refractivity contribution in [3.05, 3.63) is 0 Å². The Bertz CT molecular complexity index is 107. The summed E-state index contributed by atoms with van der Waals surface area (Å²) in [7, 11) is 0. The maximum Gasteiger partial charge on any atom is -0.0383 e. The van der Waals surface area contributed by atoms with Gasteiger partial charge in [-0.3, -0.25) is 0 Å². The van der Waals surface area contributed by atoms with Crippen molar-refractivity contribution in [2.75, 3.05) is 0 Å². The maximum atomic E-state index is 2.35. The van der Waals surface area contributed by atoms with E-state index in [9.17, 15) is 0 Å². The van der Waals surface area contributed by atoms with Gasteiger partial charge in [-0.15, -0.1) is 0 Å². The molecule has 0 unspecified atom stereocenters. The normalized spacial score (nSPS) is 48.3. The zero-order valence-corrected chi connectivity index (χ0v) is 6.27. The Labute approximate surface area is 57.6 Å². The van der Waals surface area contributed by atoms with Crippen molar-refractivity contribution < 1.29 is 0 Å². The first kappa shape index (κ1) is 5.76. The van der Waals surface area contributed by atoms with Crippen LogP contribution in [0.4, 0.5) is 0 Å². The van der Waals surface area contributed by atoms with E-state index >= 15 is 0 Å². The van der Waals surface area contributed by atoms with Crippen LogP contribution in [0.3, 0.4) is 0 Å². The fraction of sp³-hybridized carbons (Fsp3) is 1.00. The van der Waals surface area contributed by atoms with Gasteiger partial charge in [0.15, 0.2) is 0 Å². The third-order valence-electron chi connectivity index (χ3n) is 3.41. The van der Waals surface area contributed by atoms with Gasteiger partial charge in [0.2, 0.25) is 0 Å². The molecule has 0 N–H and O–H groups in total. The molecule has 2 saturated carbocycles. The highest BCUT2D eigenvalue weighted by molar-refractivity contribution is 4.88. The van der Waals surface area contributed by atoms with E-state index in [-0.39, 0.29) is 0 Å². The molecule has 0 spiro atoms. The van der Waals surface area contributed by atoms with E-state index in [1.165, 1.54) is 6.42 Å². The van der Waals surface area contributed by atoms with Gasteiger partial charge >= 0.3 is 0 Å². The maximum absolute atomic E-state index is 2.35. The molecule has 0 aromatic carbocycles. The van der Waals surface area contributed by atoms with Gasteiger partial charge in [-0.1, -0.05) is 19.8 Å². The van der Waals surface area contributed by atoms with Crippen LogP contribution in [-0.4, -0.2) is 0 Å². The Morgan fingerprint density at radius 2 is 2.11 bits per heavy atom. The summed E-state index contributed by atoms with van der Waals surface area (Å²) in [6.07, 6.45) is 7.71. The van der Waals surface area contributed by atoms with Crippen molar-refractivity contribution in [3.8, 4) is 0 Å². The van der Waals surface area contributed by atoms with Crippen LogP contribution in [0.25, 0.3) is 0 Å². The predicted molar refractivity (Wildman–Crippen MR) is 39.2 cm³/mol. The molecule has 2 rings (SSSR count). The molecule has 0 aromatic heterocycles. The van der Waals surface area contributed by atoms with E-state index < -0.39 is 0 Å². The van der Waals surface area contributed by atoms with Crippen molar-refractivity contribution >= 4 is 0 Å². The second-order valence-electron chi connectivity index (χ2n) is 3.84. The first-order valence-corrected chi connectivity index (χ1v) is 4.40. The molecule has 0 aromatic rings. The summed E-state index contributed by atoms with van der Waals surface area (Å²) in [4.78, 5) is 0. The topological polar surface area (TPSA) is 0 Å². The molecule has 0 amide bonds. The Hall–Kier alpha value is 0. The number of rotatable bonds is 1. The summed E-state index contributed by atoms with van der Waals surface area (Å²) in [6, 6.07) is 0. The predicted octanol–water partition coefficient (Wildman–Crippen LogP) is 2.83. The minimum atomic E-state index is 1.13. The third kappa shape index (κ3) is 0.798. The number of hydrogen-bond acceptors (Lipinski definition) is 0. The zero-order valence-electron chi connectivity index (χ0n) is 6.27. The van der Waals surface area contributed by atoms with Crippen LogP contribution in [0, 0.1) is 17.8 Å². The Balaban J connectivity index is 2.01. The summed E-state index contributed by atoms with van der Waals surface area (Å²) in [5, 5.41) is 0. The summed E-state index contributed by atoms with van der Waals surface area (Å²) in [6.45, 7) is 2.35. The van der Waals surface area contributed by atoms with E-state index in [1.807, 2.05) is 0 Å². The van der Waals surface area contributed by atoms with E-state index in [1.54, 1.807) is 25.7 Å². The first-order valence-electron chi connectivity index (χ1n) is 4.40. The van der Waals surface area contributed by atoms with Crippen molar-refractivity contribution in [1.29, 1.82) is 0 Å². The van der Waals surface area contributed by atoms with Crippen LogP contribution in [0.2, 0.25) is 0 Å². The molecule has 9 heavy (non-hydrogen) atoms. The van der Waals surface area contributed by atoms with Crippen molar-refractivity contribution in [1.82, 2.24) is 0 Å². The van der Waals surface area contributed by atoms with Crippen LogP contribution >= 0.6 is 0 Å². The highest BCUT2D eigenvalue weighted by Crippen LogP contribution is 2.49. The van der Waals surface area contributed by atoms with Gasteiger partial charge in [-0.05, 0) is 37.0 Å². The summed E-state index contributed by atoms with van der Waals surface area (Å²) in [5.74, 6) is 3.43. The van der Waals surface area contributed by atoms with E-state index in [2.05, 4.69) is 6.92 Å². The van der Waals surface area contributed by atoms with Crippen molar-refractivity contribution in [2.24, 2.45) is 17.8 Å². The standard InChI is InChI=1S/C9H16/c1-2-8-5-7-3-4-9(8)6-7/h7-9H,2-6H2,1H3/t7-,8+,9-/m0/s1. The molecular weight excluding hydrogens is 108 g/mol. The molecule has 0 radical (unpaired) electrons. The monoisotopic (exact) mass is 124 g/mol. The summed E-state index contributed by atoms with van der Waals surface area (Å²) in [5.41, 5.74) is 0. The fourth-order valence-corrected chi connectivity index (χ4v) is 2.88. The van der Waals surface area contributed by atoms with Crippen molar-refractivity contribution in [3.63, 3.8) is 0 Å². The van der Waals surface area contributed by atoms with Crippen LogP contribution < -0.4 is 0 Å². The van der Waals surface area contributed by atoms with Gasteiger partial charge < -0.3 is 0 Å². The number of hydrogen-bond donors (Lipinski definition) is 0. The largest absolute Gasteiger partial charge is 0.0651 e. The lowest BCUT2D eigenvalue weighted by molar-refractivity contribution is 0.324. The first-order chi connectivity index (χ1) is 4.40. The fourth-order valence-electron chi connectivity index (χ4n) is 2.88. The molecule has 0 aliphatic heterocycles. The Morgan fingerprint density at radius 1 is 1.22 bits per heavy atom. The molecule has 2 aliphatic rings. The van der Waals surface area contributed by atoms with Gasteiger partial charge in [-0.25, -0.2) is 0 Å². The van der Waals surface area contributed by atoms with Gasteiger partial charge in [0, 0.05) is 0 Å². The van der Waals surface area contributed by atoms with E-state index in [4.69, 9.17) is 0 Å². The lowest BCUT2D eigenvalue weighted by Gasteiger charge is -2.18. The highest BCUT2D eigenvalue weighted by atomic mass is 14.4. The summed E-state index contributed by atoms with van der Waals surface area (Å²) >= 11 is 0. The summed E-state index contributed by atoms with van der Waals surface area (Å²) < 4.78 is 0. The quantitative estimate of drug-likeness (QED) is 0.504. The molecular formula is C9H16. The molecule has 0 nitrogen and oxygen atoms in total. The molecule has 2 bridgehead atoms. The second kappa shape index (κ2) is 2.00. The van der Waals surface area contributed by atoms with Gasteiger partial charge in [0.1, 0.15) is 0 Å². The molecule has 0 saturated heterocycles. The van der Waals surface area contributed by atoms with Crippen molar-refractivity contribution in [2.45, 2.75) is 39.0 Å². The van der Waals surface area contributed by atoms with E-state index in [0.717, 1.165) is 17.8 Å². The number of fused-ring (bicyclic) bond motifs is 2. The Kier molecular flexibility index (Phi) is 1.28. The molecule has 2 fully saturated rings. The van der Waals surface area contributed by atoms with Gasteiger partial charge in [0.05, 0.1) is 0 Å². The Morgan fingerprint density at radius 3 is 2.44 bits per heavy atom. The molecule has 2 aliphatic carbocycles. The molecule has 0 heteroatoms. The molecule has 0 heterocycles. The minimum Gasteiger partial charge on any atom is -0.0651 e.